The Morgan fingerprint density at radius 2 is 2.00 bits per heavy atom. The SMILES string of the molecule is CCC(Sc1c([O-])on[n+]1-c1ccccc1)C(=O)Nc1cccc(Cl)c1Cl. The molecule has 2 aromatic carbocycles. The predicted molar refractivity (Wildman–Crippen MR) is 103 cm³/mol. The molecule has 1 N–H and O–H groups in total. The molecule has 1 atom stereocenters. The molecule has 1 heterocycles. The Labute approximate surface area is 170 Å². The molecule has 0 aliphatic heterocycles. The van der Waals surface area contributed by atoms with Crippen molar-refractivity contribution in [3.05, 3.63) is 58.6 Å². The van der Waals surface area contributed by atoms with Crippen molar-refractivity contribution >= 4 is 46.6 Å². The van der Waals surface area contributed by atoms with Crippen LogP contribution in [0.4, 0.5) is 5.69 Å². The van der Waals surface area contributed by atoms with Crippen LogP contribution in [-0.2, 0) is 4.79 Å². The largest absolute Gasteiger partial charge is 0.538 e. The molecule has 0 saturated heterocycles. The fraction of sp³-hybridized carbons (Fsp3) is 0.167. The molecule has 9 heteroatoms. The fourth-order valence-corrected chi connectivity index (χ4v) is 3.66. The maximum absolute atomic E-state index is 12.7. The lowest BCUT2D eigenvalue weighted by Crippen LogP contribution is -2.36. The number of rotatable bonds is 6. The van der Waals surface area contributed by atoms with Crippen molar-refractivity contribution in [1.82, 2.24) is 5.27 Å². The van der Waals surface area contributed by atoms with Crippen molar-refractivity contribution in [2.45, 2.75) is 23.6 Å². The molecule has 1 amide bonds. The summed E-state index contributed by atoms with van der Waals surface area (Å²) in [7, 11) is 0. The van der Waals surface area contributed by atoms with Gasteiger partial charge in [0.05, 0.1) is 26.3 Å². The highest BCUT2D eigenvalue weighted by Crippen LogP contribution is 2.32. The first-order chi connectivity index (χ1) is 13.0. The van der Waals surface area contributed by atoms with Crippen LogP contribution in [-0.4, -0.2) is 16.4 Å². The van der Waals surface area contributed by atoms with Gasteiger partial charge in [0.25, 0.3) is 5.03 Å². The molecule has 1 aromatic heterocycles. The number of thioether (sulfide) groups is 1. The monoisotopic (exact) mass is 423 g/mol. The molecule has 0 aliphatic rings. The maximum atomic E-state index is 12.7. The zero-order chi connectivity index (χ0) is 19.4. The minimum atomic E-state index is -0.601. The van der Waals surface area contributed by atoms with E-state index in [1.54, 1.807) is 30.3 Å². The Hall–Kier alpha value is -2.22. The molecule has 1 unspecified atom stereocenters. The highest BCUT2D eigenvalue weighted by molar-refractivity contribution is 8.00. The lowest BCUT2D eigenvalue weighted by atomic mass is 10.2. The van der Waals surface area contributed by atoms with Gasteiger partial charge in [0.2, 0.25) is 11.6 Å². The number of nitrogens with one attached hydrogen (secondary N) is 1. The standard InChI is InChI=1S/C18H15Cl2N3O3S/c1-2-14(16(24)21-13-10-6-9-12(19)15(13)20)27-17-18(25)26-22-23(17)11-7-4-3-5-8-11/h3-10,14H,2H2,1H3,(H-,21,22,24,25). The van der Waals surface area contributed by atoms with Crippen LogP contribution < -0.4 is 15.1 Å². The van der Waals surface area contributed by atoms with E-state index in [0.29, 0.717) is 22.8 Å². The summed E-state index contributed by atoms with van der Waals surface area (Å²) in [6, 6.07) is 14.1. The van der Waals surface area contributed by atoms with Crippen LogP contribution in [0.15, 0.2) is 58.1 Å². The van der Waals surface area contributed by atoms with Gasteiger partial charge in [-0.3, -0.25) is 4.79 Å². The summed E-state index contributed by atoms with van der Waals surface area (Å²) in [6.45, 7) is 1.85. The van der Waals surface area contributed by atoms with Gasteiger partial charge in [0.1, 0.15) is 0 Å². The highest BCUT2D eigenvalue weighted by Gasteiger charge is 2.28. The van der Waals surface area contributed by atoms with E-state index < -0.39 is 11.2 Å². The van der Waals surface area contributed by atoms with Crippen molar-refractivity contribution in [3.63, 3.8) is 0 Å². The van der Waals surface area contributed by atoms with E-state index in [9.17, 15) is 9.90 Å². The van der Waals surface area contributed by atoms with Gasteiger partial charge in [-0.05, 0) is 35.0 Å². The second-order valence-corrected chi connectivity index (χ2v) is 7.49. The third kappa shape index (κ3) is 4.37. The molecule has 0 aliphatic carbocycles. The van der Waals surface area contributed by atoms with Crippen LogP contribution in [0.1, 0.15) is 13.3 Å². The van der Waals surface area contributed by atoms with E-state index in [4.69, 9.17) is 27.7 Å². The minimum Gasteiger partial charge on any atom is -0.538 e. The van der Waals surface area contributed by atoms with E-state index in [1.165, 1.54) is 4.68 Å². The third-order valence-electron chi connectivity index (χ3n) is 3.70. The summed E-state index contributed by atoms with van der Waals surface area (Å²) >= 11 is 13.2. The number of amides is 1. The van der Waals surface area contributed by atoms with E-state index >= 15 is 0 Å². The summed E-state index contributed by atoms with van der Waals surface area (Å²) in [4.78, 5) is 12.7. The van der Waals surface area contributed by atoms with E-state index in [1.807, 2.05) is 25.1 Å². The number of carbonyl (C=O) groups is 1. The fourth-order valence-electron chi connectivity index (χ4n) is 2.34. The van der Waals surface area contributed by atoms with Crippen molar-refractivity contribution in [3.8, 4) is 11.6 Å². The molecule has 0 saturated carbocycles. The molecule has 0 fully saturated rings. The maximum Gasteiger partial charge on any atom is 0.298 e. The van der Waals surface area contributed by atoms with Crippen LogP contribution in [0.3, 0.4) is 0 Å². The predicted octanol–water partition coefficient (Wildman–Crippen LogP) is 3.84. The van der Waals surface area contributed by atoms with Crippen LogP contribution in [0.2, 0.25) is 10.0 Å². The molecule has 0 radical (unpaired) electrons. The van der Waals surface area contributed by atoms with Crippen LogP contribution in [0, 0.1) is 0 Å². The number of benzene rings is 2. The minimum absolute atomic E-state index is 0.223. The number of carbonyl (C=O) groups excluding carboxylic acids is 1. The molecule has 3 rings (SSSR count). The number of aromatic nitrogens is 2. The molecule has 0 spiro atoms. The van der Waals surface area contributed by atoms with Crippen LogP contribution >= 0.6 is 35.0 Å². The Balaban J connectivity index is 1.82. The second-order valence-electron chi connectivity index (χ2n) is 5.52. The first-order valence-corrected chi connectivity index (χ1v) is 9.70. The normalized spacial score (nSPS) is 12.0. The molecule has 3 aromatic rings. The van der Waals surface area contributed by atoms with Gasteiger partial charge in [-0.15, -0.1) is 0 Å². The summed E-state index contributed by atoms with van der Waals surface area (Å²) in [5.74, 6) is -0.900. The number of hydrogen-bond acceptors (Lipinski definition) is 5. The van der Waals surface area contributed by atoms with Gasteiger partial charge >= 0.3 is 0 Å². The number of anilines is 1. The third-order valence-corrected chi connectivity index (χ3v) is 5.91. The van der Waals surface area contributed by atoms with Crippen molar-refractivity contribution in [2.24, 2.45) is 0 Å². The Morgan fingerprint density at radius 1 is 1.26 bits per heavy atom. The molecular formula is C18H15Cl2N3O3S. The summed E-state index contributed by atoms with van der Waals surface area (Å²) < 4.78 is 6.18. The van der Waals surface area contributed by atoms with Gasteiger partial charge in [-0.2, -0.15) is 0 Å². The van der Waals surface area contributed by atoms with Crippen molar-refractivity contribution in [1.29, 1.82) is 0 Å². The Bertz CT molecular complexity index is 950. The Morgan fingerprint density at radius 3 is 2.70 bits per heavy atom. The second kappa shape index (κ2) is 8.65. The van der Waals surface area contributed by atoms with Gasteiger partial charge in [0, 0.05) is 12.1 Å². The zero-order valence-electron chi connectivity index (χ0n) is 14.2. The number of nitrogens with zero attached hydrogens (tertiary/aromatic N) is 2. The summed E-state index contributed by atoms with van der Waals surface area (Å²) in [6.07, 6.45) is 0.480. The summed E-state index contributed by atoms with van der Waals surface area (Å²) in [5.41, 5.74) is 1.08. The van der Waals surface area contributed by atoms with Crippen molar-refractivity contribution in [2.75, 3.05) is 5.32 Å². The molecule has 6 nitrogen and oxygen atoms in total. The average molecular weight is 424 g/mol. The molecule has 27 heavy (non-hydrogen) atoms. The number of hydrogen-bond donors (Lipinski definition) is 1. The van der Waals surface area contributed by atoms with Gasteiger partial charge in [-0.1, -0.05) is 54.4 Å². The molecule has 0 bridgehead atoms. The van der Waals surface area contributed by atoms with Crippen LogP contribution in [0.5, 0.6) is 5.95 Å². The van der Waals surface area contributed by atoms with E-state index in [-0.39, 0.29) is 16.0 Å². The highest BCUT2D eigenvalue weighted by atomic mass is 35.5. The van der Waals surface area contributed by atoms with Crippen molar-refractivity contribution < 1.29 is 19.1 Å². The lowest BCUT2D eigenvalue weighted by Gasteiger charge is -2.14. The van der Waals surface area contributed by atoms with E-state index in [2.05, 4.69) is 10.6 Å². The van der Waals surface area contributed by atoms with Gasteiger partial charge < -0.3 is 14.9 Å². The van der Waals surface area contributed by atoms with Crippen LogP contribution in [0.25, 0.3) is 5.69 Å². The van der Waals surface area contributed by atoms with Gasteiger partial charge in [-0.25, -0.2) is 0 Å². The quantitative estimate of drug-likeness (QED) is 0.480. The lowest BCUT2D eigenvalue weighted by molar-refractivity contribution is -0.705. The average Bonchev–Trinajstić information content (AvgIpc) is 3.04. The number of halogens is 2. The number of para-hydroxylation sites is 1. The first-order valence-electron chi connectivity index (χ1n) is 8.07. The van der Waals surface area contributed by atoms with Gasteiger partial charge in [0.15, 0.2) is 5.95 Å². The Kier molecular flexibility index (Phi) is 6.26. The first kappa shape index (κ1) is 19.5. The van der Waals surface area contributed by atoms with E-state index in [0.717, 1.165) is 11.8 Å². The zero-order valence-corrected chi connectivity index (χ0v) is 16.5. The summed E-state index contributed by atoms with van der Waals surface area (Å²) in [5, 5.41) is 18.9. The molecular weight excluding hydrogens is 409 g/mol. The molecule has 140 valence electrons. The smallest absolute Gasteiger partial charge is 0.298 e. The topological polar surface area (TPSA) is 82.1 Å².